The van der Waals surface area contributed by atoms with Crippen molar-refractivity contribution in [3.63, 3.8) is 0 Å². The highest BCUT2D eigenvalue weighted by Crippen LogP contribution is 2.14. The van der Waals surface area contributed by atoms with Gasteiger partial charge in [0.05, 0.1) is 12.2 Å². The van der Waals surface area contributed by atoms with Gasteiger partial charge in [0.1, 0.15) is 6.04 Å². The van der Waals surface area contributed by atoms with Gasteiger partial charge >= 0.3 is 11.9 Å². The highest BCUT2D eigenvalue weighted by molar-refractivity contribution is 5.94. The van der Waals surface area contributed by atoms with Gasteiger partial charge < -0.3 is 19.5 Å². The van der Waals surface area contributed by atoms with Crippen LogP contribution in [-0.2, 0) is 9.59 Å². The van der Waals surface area contributed by atoms with Gasteiger partial charge in [-0.3, -0.25) is 9.59 Å². The van der Waals surface area contributed by atoms with E-state index in [2.05, 4.69) is 0 Å². The zero-order valence-electron chi connectivity index (χ0n) is 11.3. The molecule has 20 heavy (non-hydrogen) atoms. The Labute approximate surface area is 115 Å². The van der Waals surface area contributed by atoms with Crippen LogP contribution in [0.1, 0.15) is 30.8 Å². The number of nitrogens with zero attached hydrogens (tertiary/aromatic N) is 1. The molecule has 0 aromatic carbocycles. The minimum absolute atomic E-state index is 0.0118. The fraction of sp³-hybridized carbons (Fsp3) is 0.462. The van der Waals surface area contributed by atoms with E-state index < -0.39 is 29.8 Å². The molecule has 0 aliphatic rings. The summed E-state index contributed by atoms with van der Waals surface area (Å²) in [4.78, 5) is 35.4. The van der Waals surface area contributed by atoms with Gasteiger partial charge in [-0.2, -0.15) is 0 Å². The van der Waals surface area contributed by atoms with E-state index in [9.17, 15) is 14.4 Å². The normalized spacial score (nSPS) is 13.5. The SMILES string of the molecule is CCC(C(=O)O)N(CC(C)C(=O)O)C(=O)c1ccco1. The molecule has 0 saturated carbocycles. The largest absolute Gasteiger partial charge is 0.481 e. The zero-order valence-corrected chi connectivity index (χ0v) is 11.3. The van der Waals surface area contributed by atoms with Gasteiger partial charge in [0.15, 0.2) is 5.76 Å². The van der Waals surface area contributed by atoms with E-state index in [0.29, 0.717) is 0 Å². The third kappa shape index (κ3) is 3.59. The molecule has 2 unspecified atom stereocenters. The van der Waals surface area contributed by atoms with E-state index in [-0.39, 0.29) is 18.7 Å². The Bertz CT molecular complexity index is 481. The lowest BCUT2D eigenvalue weighted by atomic mass is 10.1. The van der Waals surface area contributed by atoms with Gasteiger partial charge in [0.2, 0.25) is 0 Å². The number of amides is 1. The van der Waals surface area contributed by atoms with E-state index in [4.69, 9.17) is 14.6 Å². The second-order valence-corrected chi connectivity index (χ2v) is 4.44. The van der Waals surface area contributed by atoms with Crippen LogP contribution in [0.25, 0.3) is 0 Å². The third-order valence-electron chi connectivity index (χ3n) is 2.93. The van der Waals surface area contributed by atoms with Gasteiger partial charge in [-0.25, -0.2) is 4.79 Å². The Morgan fingerprint density at radius 2 is 1.95 bits per heavy atom. The van der Waals surface area contributed by atoms with Crippen molar-refractivity contribution < 1.29 is 29.0 Å². The average Bonchev–Trinajstić information content (AvgIpc) is 2.90. The molecule has 7 heteroatoms. The van der Waals surface area contributed by atoms with Crippen LogP contribution in [-0.4, -0.2) is 45.5 Å². The molecular weight excluding hydrogens is 266 g/mol. The fourth-order valence-corrected chi connectivity index (χ4v) is 1.79. The lowest BCUT2D eigenvalue weighted by Crippen LogP contribution is -2.47. The molecule has 110 valence electrons. The molecule has 1 aromatic rings. The van der Waals surface area contributed by atoms with Crippen molar-refractivity contribution >= 4 is 17.8 Å². The first-order valence-electron chi connectivity index (χ1n) is 6.18. The Kier molecular flexibility index (Phi) is 5.31. The second kappa shape index (κ2) is 6.74. The molecule has 2 N–H and O–H groups in total. The molecular formula is C13H17NO6. The predicted molar refractivity (Wildman–Crippen MR) is 68.3 cm³/mol. The van der Waals surface area contributed by atoms with Crippen molar-refractivity contribution in [1.82, 2.24) is 4.90 Å². The van der Waals surface area contributed by atoms with Gasteiger partial charge in [-0.15, -0.1) is 0 Å². The molecule has 2 atom stereocenters. The van der Waals surface area contributed by atoms with Crippen molar-refractivity contribution in [3.05, 3.63) is 24.2 Å². The molecule has 7 nitrogen and oxygen atoms in total. The van der Waals surface area contributed by atoms with Crippen LogP contribution in [0.2, 0.25) is 0 Å². The number of hydrogen-bond donors (Lipinski definition) is 2. The van der Waals surface area contributed by atoms with Crippen LogP contribution in [0.3, 0.4) is 0 Å². The third-order valence-corrected chi connectivity index (χ3v) is 2.93. The van der Waals surface area contributed by atoms with Crippen LogP contribution in [0.15, 0.2) is 22.8 Å². The maximum atomic E-state index is 12.2. The molecule has 1 heterocycles. The topological polar surface area (TPSA) is 108 Å². The Morgan fingerprint density at radius 3 is 2.35 bits per heavy atom. The van der Waals surface area contributed by atoms with Crippen LogP contribution in [0.5, 0.6) is 0 Å². The van der Waals surface area contributed by atoms with Crippen molar-refractivity contribution in [1.29, 1.82) is 0 Å². The summed E-state index contributed by atoms with van der Waals surface area (Å²) in [6.45, 7) is 2.84. The van der Waals surface area contributed by atoms with Gasteiger partial charge in [-0.1, -0.05) is 13.8 Å². The molecule has 0 aliphatic carbocycles. The fourth-order valence-electron chi connectivity index (χ4n) is 1.79. The smallest absolute Gasteiger partial charge is 0.326 e. The predicted octanol–water partition coefficient (Wildman–Crippen LogP) is 1.31. The number of rotatable bonds is 7. The summed E-state index contributed by atoms with van der Waals surface area (Å²) in [5, 5.41) is 18.1. The monoisotopic (exact) mass is 283 g/mol. The van der Waals surface area contributed by atoms with E-state index in [1.54, 1.807) is 6.92 Å². The summed E-state index contributed by atoms with van der Waals surface area (Å²) in [5.74, 6) is -3.78. The van der Waals surface area contributed by atoms with Crippen LogP contribution < -0.4 is 0 Å². The Balaban J connectivity index is 3.03. The standard InChI is InChI=1S/C13H17NO6/c1-3-9(13(18)19)14(7-8(2)12(16)17)11(15)10-5-4-6-20-10/h4-6,8-9H,3,7H2,1-2H3,(H,16,17)(H,18,19). The first kappa shape index (κ1) is 15.7. The quantitative estimate of drug-likeness (QED) is 0.781. The maximum absolute atomic E-state index is 12.2. The number of carboxylic acid groups (broad SMARTS) is 2. The maximum Gasteiger partial charge on any atom is 0.326 e. The molecule has 1 amide bonds. The molecule has 0 fully saturated rings. The number of hydrogen-bond acceptors (Lipinski definition) is 4. The summed E-state index contributed by atoms with van der Waals surface area (Å²) < 4.78 is 4.96. The molecule has 0 bridgehead atoms. The molecule has 0 saturated heterocycles. The first-order valence-corrected chi connectivity index (χ1v) is 6.18. The summed E-state index contributed by atoms with van der Waals surface area (Å²) in [5.41, 5.74) is 0. The molecule has 0 aliphatic heterocycles. The number of furan rings is 1. The van der Waals surface area contributed by atoms with Crippen molar-refractivity contribution in [2.24, 2.45) is 5.92 Å². The second-order valence-electron chi connectivity index (χ2n) is 4.44. The van der Waals surface area contributed by atoms with Crippen molar-refractivity contribution in [2.45, 2.75) is 26.3 Å². The van der Waals surface area contributed by atoms with Gasteiger partial charge in [0.25, 0.3) is 5.91 Å². The summed E-state index contributed by atoms with van der Waals surface area (Å²) >= 11 is 0. The van der Waals surface area contributed by atoms with E-state index >= 15 is 0 Å². The van der Waals surface area contributed by atoms with E-state index in [0.717, 1.165) is 4.90 Å². The number of carbonyl (C=O) groups excluding carboxylic acids is 1. The number of aliphatic carboxylic acids is 2. The number of carboxylic acids is 2. The lowest BCUT2D eigenvalue weighted by molar-refractivity contribution is -0.146. The van der Waals surface area contributed by atoms with Gasteiger partial charge in [0, 0.05) is 6.54 Å². The summed E-state index contributed by atoms with van der Waals surface area (Å²) in [6.07, 6.45) is 1.47. The van der Waals surface area contributed by atoms with Crippen LogP contribution >= 0.6 is 0 Å². The van der Waals surface area contributed by atoms with Crippen molar-refractivity contribution in [3.8, 4) is 0 Å². The summed E-state index contributed by atoms with van der Waals surface area (Å²) in [7, 11) is 0. The molecule has 0 spiro atoms. The highest BCUT2D eigenvalue weighted by atomic mass is 16.4. The highest BCUT2D eigenvalue weighted by Gasteiger charge is 2.32. The number of carbonyl (C=O) groups is 3. The lowest BCUT2D eigenvalue weighted by Gasteiger charge is -2.28. The molecule has 1 rings (SSSR count). The zero-order chi connectivity index (χ0) is 15.3. The van der Waals surface area contributed by atoms with Gasteiger partial charge in [-0.05, 0) is 18.6 Å². The van der Waals surface area contributed by atoms with Crippen molar-refractivity contribution in [2.75, 3.05) is 6.54 Å². The minimum Gasteiger partial charge on any atom is -0.481 e. The first-order chi connectivity index (χ1) is 9.38. The molecule has 1 aromatic heterocycles. The minimum atomic E-state index is -1.18. The summed E-state index contributed by atoms with van der Waals surface area (Å²) in [6, 6.07) is 1.83. The van der Waals surface area contributed by atoms with E-state index in [1.165, 1.54) is 25.3 Å². The van der Waals surface area contributed by atoms with E-state index in [1.807, 2.05) is 0 Å². The van der Waals surface area contributed by atoms with Crippen LogP contribution in [0, 0.1) is 5.92 Å². The van der Waals surface area contributed by atoms with Crippen LogP contribution in [0.4, 0.5) is 0 Å². The Hall–Kier alpha value is -2.31. The Morgan fingerprint density at radius 1 is 1.30 bits per heavy atom. The average molecular weight is 283 g/mol. The molecule has 0 radical (unpaired) electrons.